The van der Waals surface area contributed by atoms with Crippen molar-refractivity contribution >= 4 is 71.4 Å². The predicted molar refractivity (Wildman–Crippen MR) is 333 cm³/mol. The molecular formula is C53H90N24O15. The molecule has 0 saturated carbocycles. The van der Waals surface area contributed by atoms with Crippen molar-refractivity contribution in [2.75, 3.05) is 304 Å². The molecule has 512 valence electrons. The van der Waals surface area contributed by atoms with Gasteiger partial charge in [0, 0.05) is 91.9 Å². The Morgan fingerprint density at radius 3 is 0.772 bits per heavy atom. The highest BCUT2D eigenvalue weighted by atomic mass is 16.6. The lowest BCUT2D eigenvalue weighted by atomic mass is 10.5. The number of rotatable bonds is 48. The number of epoxide rings is 5. The molecule has 0 aromatic carbocycles. The van der Waals surface area contributed by atoms with Crippen molar-refractivity contribution in [1.29, 1.82) is 0 Å². The SMILES string of the molecule is COCN(COCC1CO1)c1nc(N(C)C)nc(N(COC)CN(CN(COC)c2nc(N(C)COCC3CO3)nc(N(COC)COCC3CO3)n2)c2nc(N(C)COCC3CO3)nc(N(COC)CN(C)c3nc(N(C)C)nc(N(C)COCC4CO4)n3)n2)n1. The molecule has 5 unspecified atom stereocenters. The van der Waals surface area contributed by atoms with E-state index in [4.69, 9.17) is 131 Å². The molecule has 9 rings (SSSR count). The fourth-order valence-corrected chi connectivity index (χ4v) is 8.32. The van der Waals surface area contributed by atoms with E-state index in [9.17, 15) is 0 Å². The van der Waals surface area contributed by atoms with Crippen LogP contribution < -0.4 is 58.8 Å². The van der Waals surface area contributed by atoms with E-state index in [1.54, 1.807) is 79.6 Å². The average Bonchev–Trinajstić information content (AvgIpc) is 2.01. The fraction of sp³-hybridized carbons (Fsp3) is 0.774. The highest BCUT2D eigenvalue weighted by molar-refractivity contribution is 5.53. The van der Waals surface area contributed by atoms with Gasteiger partial charge in [0.1, 0.15) is 111 Å². The first kappa shape index (κ1) is 69.4. The Hall–Kier alpha value is -6.96. The highest BCUT2D eigenvalue weighted by Crippen LogP contribution is 2.28. The lowest BCUT2D eigenvalue weighted by Crippen LogP contribution is -2.48. The first-order chi connectivity index (χ1) is 44.6. The number of methoxy groups -OCH3 is 5. The molecule has 0 bridgehead atoms. The molecule has 5 fully saturated rings. The summed E-state index contributed by atoms with van der Waals surface area (Å²) in [6, 6.07) is 0. The van der Waals surface area contributed by atoms with Crippen LogP contribution in [0, 0.1) is 0 Å². The minimum atomic E-state index is -0.0977. The Kier molecular flexibility index (Phi) is 25.8. The lowest BCUT2D eigenvalue weighted by Gasteiger charge is -2.35. The number of anilines is 12. The van der Waals surface area contributed by atoms with Crippen LogP contribution in [-0.2, 0) is 71.1 Å². The van der Waals surface area contributed by atoms with Gasteiger partial charge in [-0.1, -0.05) is 0 Å². The average molecular weight is 1300 g/mol. The summed E-state index contributed by atoms with van der Waals surface area (Å²) in [5, 5.41) is 0. The van der Waals surface area contributed by atoms with Crippen molar-refractivity contribution in [1.82, 2.24) is 59.8 Å². The van der Waals surface area contributed by atoms with Crippen LogP contribution in [0.5, 0.6) is 0 Å². The monoisotopic (exact) mass is 1300 g/mol. The van der Waals surface area contributed by atoms with Gasteiger partial charge >= 0.3 is 0 Å². The van der Waals surface area contributed by atoms with E-state index >= 15 is 0 Å². The molecule has 4 aromatic rings. The predicted octanol–water partition coefficient (Wildman–Crippen LogP) is -2.00. The standard InChI is InChI=1S/C53H90N24O15/c1-66(2)42-54-44(58-45(55-42)69(6)27-83-14-37-19-88-37)68(5)24-73(30-78-9)50-60-46(70(7)28-84-15-38-20-89-38)59-48(63-50)72(25-74(31-79-10)49-56-43(67(3)4)57-52(64-49)76(33-81-12)35-86-17-40-22-91-40)26-75(32-80-11)51-61-47(71(8)29-85-16-39-21-90-39)62-53(65-51)77(34-82-13)36-87-18-41-23-92-41/h37-41H,14-36H2,1-13H3. The van der Waals surface area contributed by atoms with E-state index < -0.39 is 0 Å². The zero-order valence-electron chi connectivity index (χ0n) is 55.0. The van der Waals surface area contributed by atoms with Crippen LogP contribution in [-0.4, -0.2) is 336 Å². The molecular weight excluding hydrogens is 1210 g/mol. The van der Waals surface area contributed by atoms with Gasteiger partial charge < -0.3 is 105 Å². The molecule has 0 aliphatic carbocycles. The lowest BCUT2D eigenvalue weighted by molar-refractivity contribution is 0.0920. The zero-order valence-corrected chi connectivity index (χ0v) is 55.0. The van der Waals surface area contributed by atoms with Crippen LogP contribution >= 0.6 is 0 Å². The second-order valence-electron chi connectivity index (χ2n) is 22.6. The Labute approximate surface area is 535 Å². The van der Waals surface area contributed by atoms with E-state index in [1.807, 2.05) is 71.1 Å². The molecule has 39 heteroatoms. The van der Waals surface area contributed by atoms with Crippen molar-refractivity contribution in [2.45, 2.75) is 30.5 Å². The van der Waals surface area contributed by atoms with Gasteiger partial charge in [-0.2, -0.15) is 59.8 Å². The van der Waals surface area contributed by atoms with Gasteiger partial charge in [-0.25, -0.2) is 0 Å². The topological polar surface area (TPSA) is 349 Å². The second-order valence-corrected chi connectivity index (χ2v) is 22.6. The van der Waals surface area contributed by atoms with Gasteiger partial charge in [0.2, 0.25) is 71.4 Å². The smallest absolute Gasteiger partial charge is 0.235 e. The van der Waals surface area contributed by atoms with E-state index in [-0.39, 0.29) is 165 Å². The van der Waals surface area contributed by atoms with Gasteiger partial charge in [0.15, 0.2) is 0 Å². The Bertz CT molecular complexity index is 2870. The van der Waals surface area contributed by atoms with E-state index in [2.05, 4.69) is 0 Å². The normalized spacial score (nSPS) is 18.3. The summed E-state index contributed by atoms with van der Waals surface area (Å²) in [6.07, 6.45) is 0.124. The Balaban J connectivity index is 1.15. The third-order valence-corrected chi connectivity index (χ3v) is 13.6. The van der Waals surface area contributed by atoms with Crippen molar-refractivity contribution in [2.24, 2.45) is 0 Å². The van der Waals surface area contributed by atoms with Gasteiger partial charge in [0.25, 0.3) is 0 Å². The maximum atomic E-state index is 6.15. The number of hydrogen-bond donors (Lipinski definition) is 0. The summed E-state index contributed by atoms with van der Waals surface area (Å²) in [7, 11) is 22.6. The van der Waals surface area contributed by atoms with Crippen LogP contribution in [0.3, 0.4) is 0 Å². The zero-order chi connectivity index (χ0) is 65.1. The molecule has 0 N–H and O–H groups in total. The van der Waals surface area contributed by atoms with Crippen molar-refractivity contribution < 1.29 is 71.1 Å². The van der Waals surface area contributed by atoms with Gasteiger partial charge in [-0.15, -0.1) is 0 Å². The van der Waals surface area contributed by atoms with E-state index in [1.165, 1.54) is 0 Å². The van der Waals surface area contributed by atoms with Crippen LogP contribution in [0.4, 0.5) is 71.4 Å². The summed E-state index contributed by atoms with van der Waals surface area (Å²) in [5.74, 6) is 3.16. The summed E-state index contributed by atoms with van der Waals surface area (Å²) >= 11 is 0. The highest BCUT2D eigenvalue weighted by Gasteiger charge is 2.32. The second kappa shape index (κ2) is 34.3. The molecule has 0 amide bonds. The third kappa shape index (κ3) is 21.6. The van der Waals surface area contributed by atoms with Crippen molar-refractivity contribution in [3.05, 3.63) is 0 Å². The maximum absolute atomic E-state index is 6.15. The molecule has 5 aliphatic heterocycles. The minimum absolute atomic E-state index is 0.00195. The fourth-order valence-electron chi connectivity index (χ4n) is 8.32. The molecule has 4 aromatic heterocycles. The molecule has 39 nitrogen and oxygen atoms in total. The third-order valence-electron chi connectivity index (χ3n) is 13.6. The van der Waals surface area contributed by atoms with Crippen LogP contribution in [0.2, 0.25) is 0 Å². The summed E-state index contributed by atoms with van der Waals surface area (Å²) in [5.41, 5.74) is 0. The first-order valence-electron chi connectivity index (χ1n) is 29.8. The molecule has 0 spiro atoms. The van der Waals surface area contributed by atoms with Crippen LogP contribution in [0.15, 0.2) is 0 Å². The summed E-state index contributed by atoms with van der Waals surface area (Å²) in [6.45, 7) is 5.56. The van der Waals surface area contributed by atoms with Gasteiger partial charge in [-0.05, 0) is 0 Å². The number of aromatic nitrogens is 12. The minimum Gasteiger partial charge on any atom is -0.371 e. The van der Waals surface area contributed by atoms with Gasteiger partial charge in [0.05, 0.1) is 72.7 Å². The van der Waals surface area contributed by atoms with E-state index in [0.29, 0.717) is 89.9 Å². The number of hydrogen-bond acceptors (Lipinski definition) is 39. The van der Waals surface area contributed by atoms with Crippen LogP contribution in [0.25, 0.3) is 0 Å². The Morgan fingerprint density at radius 1 is 0.261 bits per heavy atom. The molecule has 0 radical (unpaired) electrons. The quantitative estimate of drug-likeness (QED) is 0.0341. The number of ether oxygens (including phenoxy) is 15. The van der Waals surface area contributed by atoms with Gasteiger partial charge in [-0.3, -0.25) is 24.5 Å². The molecule has 5 aliphatic rings. The summed E-state index contributed by atoms with van der Waals surface area (Å²) < 4.78 is 86.7. The summed E-state index contributed by atoms with van der Waals surface area (Å²) in [4.78, 5) is 81.6. The molecule has 5 atom stereocenters. The van der Waals surface area contributed by atoms with E-state index in [0.717, 1.165) is 0 Å². The largest absolute Gasteiger partial charge is 0.371 e. The Morgan fingerprint density at radius 2 is 0.478 bits per heavy atom. The van der Waals surface area contributed by atoms with Crippen LogP contribution in [0.1, 0.15) is 0 Å². The molecule has 9 heterocycles. The first-order valence-corrected chi connectivity index (χ1v) is 29.8. The maximum Gasteiger partial charge on any atom is 0.235 e. The van der Waals surface area contributed by atoms with Crippen molar-refractivity contribution in [3.63, 3.8) is 0 Å². The molecule has 92 heavy (non-hydrogen) atoms. The number of nitrogens with zero attached hydrogens (tertiary/aromatic N) is 24. The van der Waals surface area contributed by atoms with Crippen molar-refractivity contribution in [3.8, 4) is 0 Å². The molecule has 5 saturated heterocycles.